The molecule has 1 unspecified atom stereocenters. The van der Waals surface area contributed by atoms with Crippen molar-refractivity contribution in [1.82, 2.24) is 15.5 Å². The molecule has 0 bridgehead atoms. The Hall–Kier alpha value is -1.59. The van der Waals surface area contributed by atoms with Gasteiger partial charge in [-0.25, -0.2) is 4.79 Å². The highest BCUT2D eigenvalue weighted by molar-refractivity contribution is 5.75. The van der Waals surface area contributed by atoms with Gasteiger partial charge < -0.3 is 15.7 Å². The lowest BCUT2D eigenvalue weighted by Crippen LogP contribution is -2.54. The molecular formula is C20H33N3O2. The van der Waals surface area contributed by atoms with E-state index in [1.54, 1.807) is 0 Å². The standard InChI is InChI=1S/C20H33N3O2/c1-4-20(3,11-14-24)22-19(25)21-18-9-12-23(13-10-18)15-17-8-6-5-7-16(17)2/h5-8,18,24H,4,9-15H2,1-3H3,(H2,21,22,25). The van der Waals surface area contributed by atoms with Crippen molar-refractivity contribution in [3.8, 4) is 0 Å². The number of rotatable bonds is 7. The fourth-order valence-electron chi connectivity index (χ4n) is 3.33. The van der Waals surface area contributed by atoms with Crippen molar-refractivity contribution in [2.45, 2.75) is 64.6 Å². The van der Waals surface area contributed by atoms with E-state index in [2.05, 4.69) is 46.7 Å². The third-order valence-corrected chi connectivity index (χ3v) is 5.44. The molecule has 5 nitrogen and oxygen atoms in total. The third kappa shape index (κ3) is 6.01. The van der Waals surface area contributed by atoms with E-state index in [0.29, 0.717) is 6.42 Å². The fourth-order valence-corrected chi connectivity index (χ4v) is 3.33. The number of benzene rings is 1. The average Bonchev–Trinajstić information content (AvgIpc) is 2.58. The minimum Gasteiger partial charge on any atom is -0.396 e. The van der Waals surface area contributed by atoms with Crippen LogP contribution in [0.1, 0.15) is 50.7 Å². The van der Waals surface area contributed by atoms with E-state index < -0.39 is 0 Å². The van der Waals surface area contributed by atoms with Crippen molar-refractivity contribution < 1.29 is 9.90 Å². The summed E-state index contributed by atoms with van der Waals surface area (Å²) in [6.07, 6.45) is 3.33. The van der Waals surface area contributed by atoms with E-state index in [9.17, 15) is 4.79 Å². The van der Waals surface area contributed by atoms with Crippen LogP contribution in [-0.2, 0) is 6.54 Å². The normalized spacial score (nSPS) is 18.6. The van der Waals surface area contributed by atoms with Crippen LogP contribution in [0.15, 0.2) is 24.3 Å². The van der Waals surface area contributed by atoms with Gasteiger partial charge in [-0.3, -0.25) is 4.90 Å². The first-order chi connectivity index (χ1) is 12.0. The maximum Gasteiger partial charge on any atom is 0.315 e. The van der Waals surface area contributed by atoms with Crippen LogP contribution in [0, 0.1) is 6.92 Å². The molecule has 5 heteroatoms. The number of carbonyl (C=O) groups excluding carboxylic acids is 1. The number of amides is 2. The number of aliphatic hydroxyl groups is 1. The number of carbonyl (C=O) groups is 1. The van der Waals surface area contributed by atoms with Gasteiger partial charge in [0.25, 0.3) is 0 Å². The van der Waals surface area contributed by atoms with Crippen LogP contribution in [0.4, 0.5) is 4.79 Å². The molecule has 1 aliphatic rings. The molecule has 0 saturated carbocycles. The highest BCUT2D eigenvalue weighted by atomic mass is 16.3. The summed E-state index contributed by atoms with van der Waals surface area (Å²) in [6, 6.07) is 8.64. The number of aliphatic hydroxyl groups excluding tert-OH is 1. The second-order valence-corrected chi connectivity index (χ2v) is 7.46. The summed E-state index contributed by atoms with van der Waals surface area (Å²) in [7, 11) is 0. The van der Waals surface area contributed by atoms with Crippen LogP contribution < -0.4 is 10.6 Å². The van der Waals surface area contributed by atoms with E-state index in [-0.39, 0.29) is 24.2 Å². The zero-order valence-electron chi connectivity index (χ0n) is 15.8. The van der Waals surface area contributed by atoms with Gasteiger partial charge in [-0.15, -0.1) is 0 Å². The maximum atomic E-state index is 12.3. The molecular weight excluding hydrogens is 314 g/mol. The van der Waals surface area contributed by atoms with Gasteiger partial charge in [-0.1, -0.05) is 31.2 Å². The number of nitrogens with zero attached hydrogens (tertiary/aromatic N) is 1. The zero-order chi connectivity index (χ0) is 18.3. The molecule has 0 aromatic heterocycles. The molecule has 1 fully saturated rings. The Balaban J connectivity index is 1.76. The van der Waals surface area contributed by atoms with Crippen LogP contribution >= 0.6 is 0 Å². The second-order valence-electron chi connectivity index (χ2n) is 7.46. The predicted octanol–water partition coefficient (Wildman–Crippen LogP) is 2.81. The minimum absolute atomic E-state index is 0.0852. The summed E-state index contributed by atoms with van der Waals surface area (Å²) in [5, 5.41) is 15.3. The summed E-state index contributed by atoms with van der Waals surface area (Å²) in [6.45, 7) is 9.23. The van der Waals surface area contributed by atoms with Gasteiger partial charge in [0.1, 0.15) is 0 Å². The molecule has 0 radical (unpaired) electrons. The van der Waals surface area contributed by atoms with Gasteiger partial charge in [-0.05, 0) is 50.7 Å². The summed E-state index contributed by atoms with van der Waals surface area (Å²) in [5.41, 5.74) is 2.38. The average molecular weight is 348 g/mol. The molecule has 1 aromatic rings. The Morgan fingerprint density at radius 1 is 1.32 bits per heavy atom. The molecule has 3 N–H and O–H groups in total. The van der Waals surface area contributed by atoms with Crippen molar-refractivity contribution in [2.24, 2.45) is 0 Å². The number of hydrogen-bond donors (Lipinski definition) is 3. The van der Waals surface area contributed by atoms with Gasteiger partial charge in [0.15, 0.2) is 0 Å². The highest BCUT2D eigenvalue weighted by Gasteiger charge is 2.26. The van der Waals surface area contributed by atoms with E-state index in [1.807, 2.05) is 13.8 Å². The van der Waals surface area contributed by atoms with Crippen LogP contribution in [-0.4, -0.2) is 47.3 Å². The minimum atomic E-state index is -0.343. The van der Waals surface area contributed by atoms with Gasteiger partial charge in [0.2, 0.25) is 0 Å². The second kappa shape index (κ2) is 9.20. The Kier molecular flexibility index (Phi) is 7.26. The SMILES string of the molecule is CCC(C)(CCO)NC(=O)NC1CCN(Cc2ccccc2C)CC1. The number of likely N-dealkylation sites (tertiary alicyclic amines) is 1. The molecule has 0 spiro atoms. The Bertz CT molecular complexity index is 556. The third-order valence-electron chi connectivity index (χ3n) is 5.44. The smallest absolute Gasteiger partial charge is 0.315 e. The lowest BCUT2D eigenvalue weighted by molar-refractivity contribution is 0.176. The Labute approximate surface area is 151 Å². The van der Waals surface area contributed by atoms with E-state index in [0.717, 1.165) is 38.9 Å². The van der Waals surface area contributed by atoms with Crippen LogP contribution in [0.3, 0.4) is 0 Å². The number of aryl methyl sites for hydroxylation is 1. The number of nitrogens with one attached hydrogen (secondary N) is 2. The van der Waals surface area contributed by atoms with Crippen LogP contribution in [0.5, 0.6) is 0 Å². The number of urea groups is 1. The van der Waals surface area contributed by atoms with Gasteiger partial charge in [0, 0.05) is 37.8 Å². The maximum absolute atomic E-state index is 12.3. The molecule has 140 valence electrons. The van der Waals surface area contributed by atoms with Crippen molar-refractivity contribution >= 4 is 6.03 Å². The van der Waals surface area contributed by atoms with Crippen molar-refractivity contribution in [1.29, 1.82) is 0 Å². The van der Waals surface area contributed by atoms with Crippen molar-refractivity contribution in [2.75, 3.05) is 19.7 Å². The molecule has 0 aliphatic carbocycles. The quantitative estimate of drug-likeness (QED) is 0.711. The van der Waals surface area contributed by atoms with E-state index >= 15 is 0 Å². The molecule has 2 amide bonds. The fraction of sp³-hybridized carbons (Fsp3) is 0.650. The predicted molar refractivity (Wildman–Crippen MR) is 102 cm³/mol. The Morgan fingerprint density at radius 2 is 2.00 bits per heavy atom. The van der Waals surface area contributed by atoms with Gasteiger partial charge in [-0.2, -0.15) is 0 Å². The van der Waals surface area contributed by atoms with Gasteiger partial charge >= 0.3 is 6.03 Å². The molecule has 1 aliphatic heterocycles. The van der Waals surface area contributed by atoms with E-state index in [1.165, 1.54) is 11.1 Å². The largest absolute Gasteiger partial charge is 0.396 e. The first kappa shape index (κ1) is 19.7. The number of hydrogen-bond acceptors (Lipinski definition) is 3. The first-order valence-corrected chi connectivity index (χ1v) is 9.42. The lowest BCUT2D eigenvalue weighted by Gasteiger charge is -2.34. The molecule has 1 atom stereocenters. The number of piperidine rings is 1. The van der Waals surface area contributed by atoms with Crippen molar-refractivity contribution in [3.63, 3.8) is 0 Å². The van der Waals surface area contributed by atoms with Gasteiger partial charge in [0.05, 0.1) is 0 Å². The summed E-state index contributed by atoms with van der Waals surface area (Å²) >= 11 is 0. The molecule has 2 rings (SSSR count). The first-order valence-electron chi connectivity index (χ1n) is 9.42. The monoisotopic (exact) mass is 347 g/mol. The van der Waals surface area contributed by atoms with Crippen LogP contribution in [0.2, 0.25) is 0 Å². The summed E-state index contributed by atoms with van der Waals surface area (Å²) < 4.78 is 0. The highest BCUT2D eigenvalue weighted by Crippen LogP contribution is 2.17. The lowest BCUT2D eigenvalue weighted by atomic mass is 9.95. The van der Waals surface area contributed by atoms with E-state index in [4.69, 9.17) is 5.11 Å². The Morgan fingerprint density at radius 3 is 2.60 bits per heavy atom. The summed E-state index contributed by atoms with van der Waals surface area (Å²) in [4.78, 5) is 14.7. The topological polar surface area (TPSA) is 64.6 Å². The molecule has 1 saturated heterocycles. The summed E-state index contributed by atoms with van der Waals surface area (Å²) in [5.74, 6) is 0. The van der Waals surface area contributed by atoms with Crippen molar-refractivity contribution in [3.05, 3.63) is 35.4 Å². The molecule has 1 heterocycles. The molecule has 25 heavy (non-hydrogen) atoms. The molecule has 1 aromatic carbocycles. The zero-order valence-corrected chi connectivity index (χ0v) is 15.8. The van der Waals surface area contributed by atoms with Crippen LogP contribution in [0.25, 0.3) is 0 Å².